The van der Waals surface area contributed by atoms with Gasteiger partial charge in [0, 0.05) is 24.5 Å². The van der Waals surface area contributed by atoms with Crippen molar-refractivity contribution < 1.29 is 27.6 Å². The van der Waals surface area contributed by atoms with Crippen molar-refractivity contribution >= 4 is 32.6 Å². The predicted octanol–water partition coefficient (Wildman–Crippen LogP) is 1.27. The summed E-state index contributed by atoms with van der Waals surface area (Å²) in [6.07, 6.45) is 0. The summed E-state index contributed by atoms with van der Waals surface area (Å²) in [4.78, 5) is 25.2. The van der Waals surface area contributed by atoms with E-state index in [1.54, 1.807) is 6.92 Å². The lowest BCUT2D eigenvalue weighted by atomic mass is 10.2. The maximum absolute atomic E-state index is 13.1. The number of H-pyrrole nitrogens is 1. The minimum absolute atomic E-state index is 0.0348. The highest BCUT2D eigenvalue weighted by Gasteiger charge is 2.36. The molecule has 0 aliphatic carbocycles. The minimum atomic E-state index is -4.08. The van der Waals surface area contributed by atoms with E-state index in [1.165, 1.54) is 22.5 Å². The van der Waals surface area contributed by atoms with Crippen LogP contribution in [0.15, 0.2) is 23.1 Å². The number of sulfonamides is 1. The molecule has 2 aromatic rings. The van der Waals surface area contributed by atoms with Crippen LogP contribution in [-0.4, -0.2) is 61.5 Å². The summed E-state index contributed by atoms with van der Waals surface area (Å²) in [5.74, 6) is -0.884. The van der Waals surface area contributed by atoms with E-state index < -0.39 is 20.9 Å². The summed E-state index contributed by atoms with van der Waals surface area (Å²) in [5.41, 5.74) is -0.675. The molecule has 1 aliphatic heterocycles. The van der Waals surface area contributed by atoms with Crippen molar-refractivity contribution in [2.45, 2.75) is 11.8 Å². The molecular weight excluding hydrogens is 366 g/mol. The number of fused-ring (bicyclic) bond motifs is 1. The monoisotopic (exact) mass is 383 g/mol. The molecule has 1 aromatic carbocycles. The van der Waals surface area contributed by atoms with Gasteiger partial charge >= 0.3 is 5.97 Å². The van der Waals surface area contributed by atoms with Crippen LogP contribution < -0.4 is 0 Å². The molecule has 0 atom stereocenters. The maximum atomic E-state index is 13.1. The number of nitro benzene ring substituents is 1. The lowest BCUT2D eigenvalue weighted by Crippen LogP contribution is -2.41. The molecule has 1 saturated heterocycles. The number of nitro groups is 1. The number of ether oxygens (including phenoxy) is 2. The zero-order valence-corrected chi connectivity index (χ0v) is 14.7. The molecule has 1 aliphatic rings. The smallest absolute Gasteiger partial charge is 0.356 e. The molecule has 0 saturated carbocycles. The number of hydrogen-bond donors (Lipinski definition) is 1. The lowest BCUT2D eigenvalue weighted by molar-refractivity contribution is -0.383. The van der Waals surface area contributed by atoms with Crippen LogP contribution in [0.2, 0.25) is 0 Å². The van der Waals surface area contributed by atoms with Crippen molar-refractivity contribution in [2.75, 3.05) is 32.9 Å². The van der Waals surface area contributed by atoms with Crippen LogP contribution >= 0.6 is 0 Å². The fourth-order valence-corrected chi connectivity index (χ4v) is 4.59. The van der Waals surface area contributed by atoms with Gasteiger partial charge in [-0.1, -0.05) is 12.1 Å². The molecule has 1 fully saturated rings. The third kappa shape index (κ3) is 3.04. The highest BCUT2D eigenvalue weighted by atomic mass is 32.2. The maximum Gasteiger partial charge on any atom is 0.356 e. The third-order valence-electron chi connectivity index (χ3n) is 4.01. The van der Waals surface area contributed by atoms with Crippen molar-refractivity contribution in [1.82, 2.24) is 9.29 Å². The van der Waals surface area contributed by atoms with Gasteiger partial charge < -0.3 is 14.5 Å². The summed E-state index contributed by atoms with van der Waals surface area (Å²) in [6, 6.07) is 4.04. The Hall–Kier alpha value is -2.50. The molecule has 0 spiro atoms. The highest BCUT2D eigenvalue weighted by molar-refractivity contribution is 7.89. The van der Waals surface area contributed by atoms with E-state index in [0.29, 0.717) is 0 Å². The van der Waals surface area contributed by atoms with Crippen molar-refractivity contribution in [2.24, 2.45) is 0 Å². The van der Waals surface area contributed by atoms with Crippen LogP contribution in [0, 0.1) is 10.1 Å². The first kappa shape index (κ1) is 18.3. The molecule has 26 heavy (non-hydrogen) atoms. The lowest BCUT2D eigenvalue weighted by Gasteiger charge is -2.26. The molecule has 11 heteroatoms. The SMILES string of the molecule is CCOC(=O)c1[nH]c2c([N+](=O)[O-])cccc2c1S(=O)(=O)N1CCOCC1. The first-order valence-corrected chi connectivity index (χ1v) is 9.36. The second-order valence-corrected chi connectivity index (χ2v) is 7.40. The number of morpholine rings is 1. The van der Waals surface area contributed by atoms with Crippen LogP contribution in [0.4, 0.5) is 5.69 Å². The summed E-state index contributed by atoms with van der Waals surface area (Å²) in [7, 11) is -4.08. The number of esters is 1. The van der Waals surface area contributed by atoms with E-state index in [-0.39, 0.29) is 60.1 Å². The molecular formula is C15H17N3O7S. The normalized spacial score (nSPS) is 15.9. The topological polar surface area (TPSA) is 132 Å². The average molecular weight is 383 g/mol. The van der Waals surface area contributed by atoms with Gasteiger partial charge in [-0.2, -0.15) is 4.31 Å². The Balaban J connectivity index is 2.27. The fourth-order valence-electron chi connectivity index (χ4n) is 2.86. The van der Waals surface area contributed by atoms with E-state index in [4.69, 9.17) is 9.47 Å². The van der Waals surface area contributed by atoms with Crippen molar-refractivity contribution in [3.05, 3.63) is 34.0 Å². The van der Waals surface area contributed by atoms with Gasteiger partial charge in [-0.25, -0.2) is 13.2 Å². The molecule has 0 amide bonds. The van der Waals surface area contributed by atoms with Crippen molar-refractivity contribution in [3.63, 3.8) is 0 Å². The summed E-state index contributed by atoms with van der Waals surface area (Å²) in [6.45, 7) is 2.35. The summed E-state index contributed by atoms with van der Waals surface area (Å²) < 4.78 is 37.6. The number of rotatable bonds is 5. The van der Waals surface area contributed by atoms with Gasteiger partial charge in [0.25, 0.3) is 5.69 Å². The largest absolute Gasteiger partial charge is 0.461 e. The number of non-ortho nitro benzene ring substituents is 1. The number of hydrogen-bond acceptors (Lipinski definition) is 7. The van der Waals surface area contributed by atoms with Crippen molar-refractivity contribution in [3.8, 4) is 0 Å². The Morgan fingerprint density at radius 3 is 2.69 bits per heavy atom. The Bertz CT molecular complexity index is 961. The molecule has 1 aromatic heterocycles. The van der Waals surface area contributed by atoms with Gasteiger partial charge in [0.05, 0.1) is 24.7 Å². The third-order valence-corrected chi connectivity index (χ3v) is 5.99. The van der Waals surface area contributed by atoms with Gasteiger partial charge in [0.15, 0.2) is 0 Å². The van der Waals surface area contributed by atoms with Gasteiger partial charge in [-0.3, -0.25) is 10.1 Å². The molecule has 3 rings (SSSR count). The van der Waals surface area contributed by atoms with Crippen molar-refractivity contribution in [1.29, 1.82) is 0 Å². The Labute approximate surface area is 148 Å². The van der Waals surface area contributed by atoms with E-state index in [2.05, 4.69) is 4.98 Å². The van der Waals surface area contributed by atoms with E-state index >= 15 is 0 Å². The van der Waals surface area contributed by atoms with E-state index in [1.807, 2.05) is 0 Å². The highest BCUT2D eigenvalue weighted by Crippen LogP contribution is 2.34. The fraction of sp³-hybridized carbons (Fsp3) is 0.400. The molecule has 0 radical (unpaired) electrons. The predicted molar refractivity (Wildman–Crippen MR) is 90.5 cm³/mol. The molecule has 1 N–H and O–H groups in total. The molecule has 10 nitrogen and oxygen atoms in total. The Kier molecular flexibility index (Phi) is 4.94. The molecule has 0 unspecified atom stereocenters. The van der Waals surface area contributed by atoms with Crippen LogP contribution in [0.3, 0.4) is 0 Å². The zero-order valence-electron chi connectivity index (χ0n) is 13.9. The Morgan fingerprint density at radius 2 is 2.08 bits per heavy atom. The van der Waals surface area contributed by atoms with Gasteiger partial charge in [0.2, 0.25) is 10.0 Å². The first-order valence-electron chi connectivity index (χ1n) is 7.92. The van der Waals surface area contributed by atoms with E-state index in [0.717, 1.165) is 0 Å². The second kappa shape index (κ2) is 7.02. The number of carbonyl (C=O) groups excluding carboxylic acids is 1. The Morgan fingerprint density at radius 1 is 1.38 bits per heavy atom. The number of aromatic amines is 1. The summed E-state index contributed by atoms with van der Waals surface area (Å²) in [5, 5.41) is 11.4. The zero-order chi connectivity index (χ0) is 18.9. The van der Waals surface area contributed by atoms with Crippen LogP contribution in [0.25, 0.3) is 10.9 Å². The van der Waals surface area contributed by atoms with Gasteiger partial charge in [0.1, 0.15) is 16.1 Å². The average Bonchev–Trinajstić information content (AvgIpc) is 3.03. The number of carbonyl (C=O) groups is 1. The molecule has 2 heterocycles. The first-order chi connectivity index (χ1) is 12.4. The van der Waals surface area contributed by atoms with Gasteiger partial charge in [-0.05, 0) is 6.92 Å². The molecule has 0 bridgehead atoms. The standard InChI is InChI=1S/C15H17N3O7S/c1-2-25-15(19)13-14(26(22,23)17-6-8-24-9-7-17)10-4-3-5-11(18(20)21)12(10)16-13/h3-5,16H,2,6-9H2,1H3. The van der Waals surface area contributed by atoms with Crippen LogP contribution in [0.1, 0.15) is 17.4 Å². The van der Waals surface area contributed by atoms with E-state index in [9.17, 15) is 23.3 Å². The van der Waals surface area contributed by atoms with Crippen LogP contribution in [-0.2, 0) is 19.5 Å². The summed E-state index contributed by atoms with van der Waals surface area (Å²) >= 11 is 0. The number of benzene rings is 1. The minimum Gasteiger partial charge on any atom is -0.461 e. The number of nitrogens with one attached hydrogen (secondary N) is 1. The van der Waals surface area contributed by atoms with Crippen LogP contribution in [0.5, 0.6) is 0 Å². The number of aromatic nitrogens is 1. The quantitative estimate of drug-likeness (QED) is 0.467. The number of para-hydroxylation sites is 1. The second-order valence-electron chi connectivity index (χ2n) is 5.52. The molecule has 140 valence electrons. The van der Waals surface area contributed by atoms with Gasteiger partial charge in [-0.15, -0.1) is 0 Å². The number of nitrogens with zero attached hydrogens (tertiary/aromatic N) is 2.